The highest BCUT2D eigenvalue weighted by atomic mass is 16.1. The number of aryl methyl sites for hydroxylation is 1. The predicted molar refractivity (Wildman–Crippen MR) is 123 cm³/mol. The second-order valence-electron chi connectivity index (χ2n) is 8.15. The first-order valence-electron chi connectivity index (χ1n) is 10.5. The summed E-state index contributed by atoms with van der Waals surface area (Å²) in [7, 11) is 0. The van der Waals surface area contributed by atoms with E-state index in [-0.39, 0.29) is 22.9 Å². The lowest BCUT2D eigenvalue weighted by Gasteiger charge is -2.18. The van der Waals surface area contributed by atoms with Crippen LogP contribution in [0.1, 0.15) is 64.7 Å². The number of fused-ring (bicyclic) bond motifs is 2. The second kappa shape index (κ2) is 7.57. The third kappa shape index (κ3) is 3.04. The predicted octanol–water partition coefficient (Wildman–Crippen LogP) is 5.16. The molecule has 156 valence electrons. The van der Waals surface area contributed by atoms with E-state index in [0.29, 0.717) is 40.2 Å². The third-order valence-electron chi connectivity index (χ3n) is 6.11. The topological polar surface area (TPSA) is 56.1 Å². The van der Waals surface area contributed by atoms with Crippen LogP contribution in [0.2, 0.25) is 0 Å². The van der Waals surface area contributed by atoms with Crippen LogP contribution in [0.5, 0.6) is 0 Å². The average Bonchev–Trinajstić information content (AvgIpc) is 3.11. The first-order chi connectivity index (χ1) is 15.5. The van der Waals surface area contributed by atoms with E-state index in [4.69, 9.17) is 0 Å². The molecule has 0 bridgehead atoms. The van der Waals surface area contributed by atoms with E-state index in [9.17, 15) is 14.4 Å². The lowest BCUT2D eigenvalue weighted by Crippen LogP contribution is -2.24. The van der Waals surface area contributed by atoms with Crippen LogP contribution in [-0.4, -0.2) is 21.9 Å². The van der Waals surface area contributed by atoms with Crippen molar-refractivity contribution in [3.8, 4) is 0 Å². The van der Waals surface area contributed by atoms with Crippen LogP contribution in [0.4, 0.5) is 0 Å². The van der Waals surface area contributed by atoms with E-state index in [2.05, 4.69) is 0 Å². The number of carbonyl (C=O) groups excluding carboxylic acids is 3. The number of aromatic nitrogens is 1. The van der Waals surface area contributed by atoms with Crippen LogP contribution >= 0.6 is 0 Å². The van der Waals surface area contributed by atoms with E-state index in [1.807, 2.05) is 48.7 Å². The molecule has 5 rings (SSSR count). The smallest absolute Gasteiger partial charge is 0.210 e. The van der Waals surface area contributed by atoms with Crippen molar-refractivity contribution in [2.75, 3.05) is 0 Å². The van der Waals surface area contributed by atoms with Crippen molar-refractivity contribution < 1.29 is 14.4 Å². The van der Waals surface area contributed by atoms with Crippen LogP contribution in [0.15, 0.2) is 78.9 Å². The van der Waals surface area contributed by atoms with Gasteiger partial charge in [-0.3, -0.25) is 14.4 Å². The van der Waals surface area contributed by atoms with E-state index < -0.39 is 0 Å². The van der Waals surface area contributed by atoms with Crippen LogP contribution in [0.3, 0.4) is 0 Å². The summed E-state index contributed by atoms with van der Waals surface area (Å²) >= 11 is 0. The molecule has 0 saturated heterocycles. The molecule has 0 N–H and O–H groups in total. The number of carbonyl (C=O) groups is 3. The molecule has 1 heterocycles. The Labute approximate surface area is 186 Å². The fraction of sp³-hybridized carbons (Fsp3) is 0.107. The van der Waals surface area contributed by atoms with Gasteiger partial charge in [0.15, 0.2) is 11.6 Å². The van der Waals surface area contributed by atoms with Crippen molar-refractivity contribution in [3.05, 3.63) is 129 Å². The zero-order chi connectivity index (χ0) is 22.4. The molecule has 0 atom stereocenters. The maximum Gasteiger partial charge on any atom is 0.210 e. The monoisotopic (exact) mass is 419 g/mol. The zero-order valence-corrected chi connectivity index (χ0v) is 17.9. The number of benzene rings is 3. The molecular weight excluding hydrogens is 398 g/mol. The maximum absolute atomic E-state index is 13.6. The summed E-state index contributed by atoms with van der Waals surface area (Å²) in [5.74, 6) is -0.750. The molecule has 0 radical (unpaired) electrons. The molecule has 0 aliphatic heterocycles. The number of ketones is 3. The van der Waals surface area contributed by atoms with Crippen LogP contribution in [-0.2, 0) is 6.54 Å². The maximum atomic E-state index is 13.6. The Kier molecular flexibility index (Phi) is 4.71. The van der Waals surface area contributed by atoms with E-state index >= 15 is 0 Å². The van der Waals surface area contributed by atoms with E-state index in [1.165, 1.54) is 0 Å². The fourth-order valence-electron chi connectivity index (χ4n) is 4.42. The fourth-order valence-corrected chi connectivity index (χ4v) is 4.42. The molecule has 4 heteroatoms. The second-order valence-corrected chi connectivity index (χ2v) is 8.15. The first-order valence-corrected chi connectivity index (χ1v) is 10.5. The number of hydrogen-bond acceptors (Lipinski definition) is 3. The van der Waals surface area contributed by atoms with Gasteiger partial charge in [-0.25, -0.2) is 0 Å². The van der Waals surface area contributed by atoms with Gasteiger partial charge < -0.3 is 4.57 Å². The van der Waals surface area contributed by atoms with E-state index in [1.54, 1.807) is 48.5 Å². The first kappa shape index (κ1) is 19.9. The summed E-state index contributed by atoms with van der Waals surface area (Å²) in [6, 6.07) is 23.7. The summed E-state index contributed by atoms with van der Waals surface area (Å²) in [5, 5.41) is 0. The molecule has 1 aromatic heterocycles. The Hall–Kier alpha value is -4.05. The van der Waals surface area contributed by atoms with Gasteiger partial charge >= 0.3 is 0 Å². The molecule has 0 fully saturated rings. The van der Waals surface area contributed by atoms with Gasteiger partial charge in [0, 0.05) is 28.9 Å². The standard InChI is InChI=1S/C28H21NO3/c1-17-12-14-19(15-13-17)16-29-18(2)23(26(30)20-8-4-3-5-9-20)24-25(29)28(32)22-11-7-6-10-21(22)27(24)31/h3-15H,16H2,1-2H3. The molecule has 3 aromatic carbocycles. The summed E-state index contributed by atoms with van der Waals surface area (Å²) in [5.41, 5.74) is 4.80. The largest absolute Gasteiger partial charge is 0.336 e. The SMILES string of the molecule is Cc1ccc(Cn2c(C)c(C(=O)c3ccccc3)c3c2C(=O)c2ccccc2C3=O)cc1. The number of rotatable bonds is 4. The molecule has 1 aliphatic rings. The quantitative estimate of drug-likeness (QED) is 0.378. The van der Waals surface area contributed by atoms with Crippen molar-refractivity contribution in [2.24, 2.45) is 0 Å². The van der Waals surface area contributed by atoms with Crippen molar-refractivity contribution in [2.45, 2.75) is 20.4 Å². The summed E-state index contributed by atoms with van der Waals surface area (Å²) < 4.78 is 1.83. The van der Waals surface area contributed by atoms with Gasteiger partial charge in [0.1, 0.15) is 5.69 Å². The molecule has 0 saturated carbocycles. The third-order valence-corrected chi connectivity index (χ3v) is 6.11. The van der Waals surface area contributed by atoms with Gasteiger partial charge in [0.05, 0.1) is 11.1 Å². The van der Waals surface area contributed by atoms with Gasteiger partial charge in [-0.1, -0.05) is 84.4 Å². The molecule has 4 nitrogen and oxygen atoms in total. The molecule has 4 aromatic rings. The number of nitrogens with zero attached hydrogens (tertiary/aromatic N) is 1. The van der Waals surface area contributed by atoms with Crippen molar-refractivity contribution >= 4 is 17.3 Å². The van der Waals surface area contributed by atoms with Crippen LogP contribution < -0.4 is 0 Å². The Morgan fingerprint density at radius 2 is 1.34 bits per heavy atom. The average molecular weight is 419 g/mol. The molecule has 0 amide bonds. The summed E-state index contributed by atoms with van der Waals surface area (Å²) in [6.07, 6.45) is 0. The minimum atomic E-state index is -0.278. The van der Waals surface area contributed by atoms with Crippen LogP contribution in [0.25, 0.3) is 0 Å². The Bertz CT molecular complexity index is 1390. The van der Waals surface area contributed by atoms with Gasteiger partial charge in [-0.2, -0.15) is 0 Å². The molecule has 0 spiro atoms. The summed E-state index contributed by atoms with van der Waals surface area (Å²) in [6.45, 7) is 4.23. The summed E-state index contributed by atoms with van der Waals surface area (Å²) in [4.78, 5) is 40.7. The Morgan fingerprint density at radius 1 is 0.750 bits per heavy atom. The van der Waals surface area contributed by atoms with Crippen LogP contribution in [0, 0.1) is 13.8 Å². The Morgan fingerprint density at radius 3 is 2.00 bits per heavy atom. The molecule has 0 unspecified atom stereocenters. The van der Waals surface area contributed by atoms with Gasteiger partial charge in [-0.05, 0) is 19.4 Å². The van der Waals surface area contributed by atoms with Gasteiger partial charge in [0.25, 0.3) is 0 Å². The normalized spacial score (nSPS) is 12.4. The lowest BCUT2D eigenvalue weighted by atomic mass is 9.84. The minimum Gasteiger partial charge on any atom is -0.336 e. The Balaban J connectivity index is 1.76. The van der Waals surface area contributed by atoms with Gasteiger partial charge in [0.2, 0.25) is 5.78 Å². The van der Waals surface area contributed by atoms with Crippen molar-refractivity contribution in [1.29, 1.82) is 0 Å². The van der Waals surface area contributed by atoms with E-state index in [0.717, 1.165) is 11.1 Å². The minimum absolute atomic E-state index is 0.215. The molecular formula is C28H21NO3. The van der Waals surface area contributed by atoms with Crippen molar-refractivity contribution in [3.63, 3.8) is 0 Å². The highest BCUT2D eigenvalue weighted by Crippen LogP contribution is 2.35. The highest BCUT2D eigenvalue weighted by molar-refractivity contribution is 6.32. The van der Waals surface area contributed by atoms with Gasteiger partial charge in [-0.15, -0.1) is 0 Å². The highest BCUT2D eigenvalue weighted by Gasteiger charge is 2.38. The molecule has 32 heavy (non-hydrogen) atoms. The molecule has 1 aliphatic carbocycles. The van der Waals surface area contributed by atoms with Crippen molar-refractivity contribution in [1.82, 2.24) is 4.57 Å². The lowest BCUT2D eigenvalue weighted by molar-refractivity contribution is 0.0968. The number of hydrogen-bond donors (Lipinski definition) is 0. The zero-order valence-electron chi connectivity index (χ0n) is 17.9.